The minimum atomic E-state index is 0.0522. The number of hydrogen-bond acceptors (Lipinski definition) is 3. The van der Waals surface area contributed by atoms with Crippen LogP contribution in [0.4, 0.5) is 0 Å². The lowest BCUT2D eigenvalue weighted by molar-refractivity contribution is 0.0331. The molecular weight excluding hydrogens is 238 g/mol. The first-order chi connectivity index (χ1) is 9.29. The molecule has 1 aromatic rings. The lowest BCUT2D eigenvalue weighted by Gasteiger charge is -2.42. The topological polar surface area (TPSA) is 44.5 Å². The van der Waals surface area contributed by atoms with Crippen LogP contribution in [-0.4, -0.2) is 32.5 Å². The normalized spacial score (nSPS) is 20.1. The second-order valence-electron chi connectivity index (χ2n) is 5.23. The van der Waals surface area contributed by atoms with Crippen molar-refractivity contribution in [1.29, 1.82) is 0 Å². The quantitative estimate of drug-likeness (QED) is 0.802. The third-order valence-electron chi connectivity index (χ3n) is 4.22. The summed E-state index contributed by atoms with van der Waals surface area (Å²) in [6, 6.07) is 10.8. The van der Waals surface area contributed by atoms with Gasteiger partial charge in [-0.15, -0.1) is 0 Å². The van der Waals surface area contributed by atoms with E-state index in [-0.39, 0.29) is 11.5 Å². The molecule has 1 aromatic carbocycles. The average molecular weight is 263 g/mol. The monoisotopic (exact) mass is 263 g/mol. The number of nitrogens with two attached hydrogens (primary N) is 1. The molecule has 0 aliphatic carbocycles. The summed E-state index contributed by atoms with van der Waals surface area (Å²) >= 11 is 0. The maximum absolute atomic E-state index is 6.52. The summed E-state index contributed by atoms with van der Waals surface area (Å²) in [5.41, 5.74) is 7.92. The number of rotatable bonds is 6. The van der Waals surface area contributed by atoms with Gasteiger partial charge in [0.1, 0.15) is 0 Å². The molecule has 0 aromatic heterocycles. The van der Waals surface area contributed by atoms with E-state index in [0.29, 0.717) is 0 Å². The molecule has 3 heteroatoms. The number of benzene rings is 1. The van der Waals surface area contributed by atoms with Crippen LogP contribution in [0.2, 0.25) is 0 Å². The van der Waals surface area contributed by atoms with Gasteiger partial charge in [0.2, 0.25) is 0 Å². The van der Waals surface area contributed by atoms with Crippen LogP contribution in [0.3, 0.4) is 0 Å². The molecule has 0 amide bonds. The Morgan fingerprint density at radius 2 is 1.95 bits per heavy atom. The van der Waals surface area contributed by atoms with Crippen molar-refractivity contribution in [2.45, 2.75) is 37.6 Å². The van der Waals surface area contributed by atoms with Gasteiger partial charge in [-0.3, -0.25) is 0 Å². The molecule has 1 aliphatic rings. The highest BCUT2D eigenvalue weighted by atomic mass is 16.5. The molecule has 19 heavy (non-hydrogen) atoms. The van der Waals surface area contributed by atoms with E-state index in [0.717, 1.165) is 45.7 Å². The first-order valence-corrected chi connectivity index (χ1v) is 7.26. The number of hydrogen-bond donors (Lipinski definition) is 1. The van der Waals surface area contributed by atoms with Crippen LogP contribution >= 0.6 is 0 Å². The molecular formula is C16H25NO2. The summed E-state index contributed by atoms with van der Waals surface area (Å²) in [6.45, 7) is 5.13. The Bertz CT molecular complexity index is 360. The van der Waals surface area contributed by atoms with E-state index in [1.165, 1.54) is 5.56 Å². The van der Waals surface area contributed by atoms with Gasteiger partial charge < -0.3 is 15.2 Å². The van der Waals surface area contributed by atoms with E-state index in [4.69, 9.17) is 15.2 Å². The first kappa shape index (κ1) is 14.5. The Kier molecular flexibility index (Phi) is 5.37. The fourth-order valence-corrected chi connectivity index (χ4v) is 3.01. The van der Waals surface area contributed by atoms with Gasteiger partial charge in [-0.25, -0.2) is 0 Å². The lowest BCUT2D eigenvalue weighted by Crippen LogP contribution is -2.49. The molecule has 0 spiro atoms. The summed E-state index contributed by atoms with van der Waals surface area (Å²) in [7, 11) is 0. The minimum Gasteiger partial charge on any atom is -0.382 e. The van der Waals surface area contributed by atoms with E-state index in [1.807, 2.05) is 6.92 Å². The molecule has 1 atom stereocenters. The molecule has 1 heterocycles. The van der Waals surface area contributed by atoms with Crippen molar-refractivity contribution in [3.05, 3.63) is 35.9 Å². The maximum Gasteiger partial charge on any atom is 0.0480 e. The summed E-state index contributed by atoms with van der Waals surface area (Å²) in [5.74, 6) is 0. The largest absolute Gasteiger partial charge is 0.382 e. The third kappa shape index (κ3) is 3.35. The Morgan fingerprint density at radius 3 is 2.58 bits per heavy atom. The van der Waals surface area contributed by atoms with Crippen molar-refractivity contribution in [3.63, 3.8) is 0 Å². The highest BCUT2D eigenvalue weighted by Gasteiger charge is 2.39. The van der Waals surface area contributed by atoms with Gasteiger partial charge in [-0.05, 0) is 31.7 Å². The Morgan fingerprint density at radius 1 is 1.26 bits per heavy atom. The van der Waals surface area contributed by atoms with Crippen LogP contribution in [0, 0.1) is 0 Å². The minimum absolute atomic E-state index is 0.0522. The SMILES string of the molecule is CCOCCC(N)C1(c2ccccc2)CCOCC1. The maximum atomic E-state index is 6.52. The Labute approximate surface area is 116 Å². The van der Waals surface area contributed by atoms with Crippen LogP contribution in [0.15, 0.2) is 30.3 Å². The zero-order valence-corrected chi connectivity index (χ0v) is 11.8. The van der Waals surface area contributed by atoms with Crippen molar-refractivity contribution in [3.8, 4) is 0 Å². The van der Waals surface area contributed by atoms with Crippen LogP contribution in [0.25, 0.3) is 0 Å². The predicted molar refractivity (Wildman–Crippen MR) is 77.3 cm³/mol. The molecule has 2 rings (SSSR count). The first-order valence-electron chi connectivity index (χ1n) is 7.26. The van der Waals surface area contributed by atoms with E-state index < -0.39 is 0 Å². The zero-order valence-electron chi connectivity index (χ0n) is 11.8. The van der Waals surface area contributed by atoms with Crippen LogP contribution in [0.5, 0.6) is 0 Å². The van der Waals surface area contributed by atoms with Crippen molar-refractivity contribution in [2.24, 2.45) is 5.73 Å². The standard InChI is InChI=1S/C16H25NO2/c1-2-18-11-8-15(17)16(9-12-19-13-10-16)14-6-4-3-5-7-14/h3-7,15H,2,8-13,17H2,1H3. The fraction of sp³-hybridized carbons (Fsp3) is 0.625. The molecule has 1 aliphatic heterocycles. The molecule has 1 unspecified atom stereocenters. The summed E-state index contributed by atoms with van der Waals surface area (Å²) in [5, 5.41) is 0. The van der Waals surface area contributed by atoms with Crippen molar-refractivity contribution >= 4 is 0 Å². The highest BCUT2D eigenvalue weighted by molar-refractivity contribution is 5.28. The highest BCUT2D eigenvalue weighted by Crippen LogP contribution is 2.38. The van der Waals surface area contributed by atoms with Gasteiger partial charge in [0.25, 0.3) is 0 Å². The molecule has 0 bridgehead atoms. The van der Waals surface area contributed by atoms with Crippen LogP contribution in [0.1, 0.15) is 31.7 Å². The second kappa shape index (κ2) is 7.04. The van der Waals surface area contributed by atoms with Gasteiger partial charge in [0, 0.05) is 37.9 Å². The summed E-state index contributed by atoms with van der Waals surface area (Å²) < 4.78 is 11.0. The van der Waals surface area contributed by atoms with E-state index in [2.05, 4.69) is 30.3 Å². The molecule has 1 saturated heterocycles. The molecule has 0 radical (unpaired) electrons. The summed E-state index contributed by atoms with van der Waals surface area (Å²) in [4.78, 5) is 0. The van der Waals surface area contributed by atoms with Crippen LogP contribution in [-0.2, 0) is 14.9 Å². The zero-order chi connectivity index (χ0) is 13.6. The van der Waals surface area contributed by atoms with Gasteiger partial charge in [-0.1, -0.05) is 30.3 Å². The third-order valence-corrected chi connectivity index (χ3v) is 4.22. The van der Waals surface area contributed by atoms with E-state index in [1.54, 1.807) is 0 Å². The summed E-state index contributed by atoms with van der Waals surface area (Å²) in [6.07, 6.45) is 2.91. The molecule has 1 fully saturated rings. The van der Waals surface area contributed by atoms with Crippen molar-refractivity contribution in [1.82, 2.24) is 0 Å². The van der Waals surface area contributed by atoms with Gasteiger partial charge in [0.15, 0.2) is 0 Å². The van der Waals surface area contributed by atoms with Crippen molar-refractivity contribution < 1.29 is 9.47 Å². The predicted octanol–water partition coefficient (Wildman–Crippen LogP) is 2.49. The molecule has 106 valence electrons. The van der Waals surface area contributed by atoms with Crippen LogP contribution < -0.4 is 5.73 Å². The smallest absolute Gasteiger partial charge is 0.0480 e. The molecule has 0 saturated carbocycles. The number of ether oxygens (including phenoxy) is 2. The van der Waals surface area contributed by atoms with Gasteiger partial charge >= 0.3 is 0 Å². The van der Waals surface area contributed by atoms with E-state index >= 15 is 0 Å². The average Bonchev–Trinajstić information content (AvgIpc) is 2.49. The lowest BCUT2D eigenvalue weighted by atomic mass is 9.68. The molecule has 2 N–H and O–H groups in total. The fourth-order valence-electron chi connectivity index (χ4n) is 3.01. The van der Waals surface area contributed by atoms with Gasteiger partial charge in [0.05, 0.1) is 0 Å². The van der Waals surface area contributed by atoms with Crippen molar-refractivity contribution in [2.75, 3.05) is 26.4 Å². The second-order valence-corrected chi connectivity index (χ2v) is 5.23. The van der Waals surface area contributed by atoms with Gasteiger partial charge in [-0.2, -0.15) is 0 Å². The van der Waals surface area contributed by atoms with E-state index in [9.17, 15) is 0 Å². The Balaban J connectivity index is 2.15. The molecule has 3 nitrogen and oxygen atoms in total. The Hall–Kier alpha value is -0.900.